The number of ether oxygens (including phenoxy) is 2. The summed E-state index contributed by atoms with van der Waals surface area (Å²) >= 11 is 0. The van der Waals surface area contributed by atoms with Gasteiger partial charge in [-0.3, -0.25) is 9.59 Å². The van der Waals surface area contributed by atoms with Crippen LogP contribution in [-0.2, 0) is 0 Å². The molecule has 0 fully saturated rings. The minimum Gasteiger partial charge on any atom is -0.454 e. The number of hydrazone groups is 1. The largest absolute Gasteiger partial charge is 0.454 e. The standard InChI is InChI=1S/C23H19N3O4/c1-15-2-5-17(6-3-15)22(27)25-19-9-7-18(8-10-19)23(28)26-24-13-16-4-11-20-21(12-16)30-14-29-20/h2-13H,14H2,1H3,(H,25,27)(H,26,28)/b24-13-. The molecule has 2 N–H and O–H groups in total. The Morgan fingerprint density at radius 2 is 1.53 bits per heavy atom. The van der Waals surface area contributed by atoms with Gasteiger partial charge in [-0.25, -0.2) is 5.43 Å². The van der Waals surface area contributed by atoms with Crippen LogP contribution in [0.3, 0.4) is 0 Å². The molecule has 0 atom stereocenters. The van der Waals surface area contributed by atoms with Crippen molar-refractivity contribution in [1.29, 1.82) is 0 Å². The van der Waals surface area contributed by atoms with Crippen LogP contribution in [0.25, 0.3) is 0 Å². The molecule has 0 saturated heterocycles. The average molecular weight is 401 g/mol. The van der Waals surface area contributed by atoms with E-state index >= 15 is 0 Å². The van der Waals surface area contributed by atoms with Crippen LogP contribution in [0, 0.1) is 6.92 Å². The van der Waals surface area contributed by atoms with Gasteiger partial charge < -0.3 is 14.8 Å². The van der Waals surface area contributed by atoms with Crippen molar-refractivity contribution in [2.75, 3.05) is 12.1 Å². The third kappa shape index (κ3) is 4.47. The zero-order chi connectivity index (χ0) is 20.9. The van der Waals surface area contributed by atoms with E-state index in [9.17, 15) is 9.59 Å². The monoisotopic (exact) mass is 401 g/mol. The Bertz CT molecular complexity index is 1110. The molecule has 0 saturated carbocycles. The number of amides is 2. The summed E-state index contributed by atoms with van der Waals surface area (Å²) in [5.41, 5.74) is 5.93. The number of anilines is 1. The smallest absolute Gasteiger partial charge is 0.271 e. The molecular weight excluding hydrogens is 382 g/mol. The van der Waals surface area contributed by atoms with Crippen LogP contribution in [0.5, 0.6) is 11.5 Å². The predicted molar refractivity (Wildman–Crippen MR) is 113 cm³/mol. The lowest BCUT2D eigenvalue weighted by atomic mass is 10.1. The van der Waals surface area contributed by atoms with Crippen LogP contribution < -0.4 is 20.2 Å². The highest BCUT2D eigenvalue weighted by atomic mass is 16.7. The molecule has 3 aromatic rings. The summed E-state index contributed by atoms with van der Waals surface area (Å²) in [5, 5.41) is 6.78. The van der Waals surface area contributed by atoms with Gasteiger partial charge in [0.05, 0.1) is 6.21 Å². The molecule has 0 bridgehead atoms. The fourth-order valence-corrected chi connectivity index (χ4v) is 2.84. The van der Waals surface area contributed by atoms with Crippen LogP contribution in [0.15, 0.2) is 71.8 Å². The topological polar surface area (TPSA) is 89.0 Å². The first kappa shape index (κ1) is 19.2. The highest BCUT2D eigenvalue weighted by Gasteiger charge is 2.12. The summed E-state index contributed by atoms with van der Waals surface area (Å²) in [7, 11) is 0. The van der Waals surface area contributed by atoms with Gasteiger partial charge in [0.2, 0.25) is 6.79 Å². The van der Waals surface area contributed by atoms with Gasteiger partial charge in [-0.2, -0.15) is 5.10 Å². The van der Waals surface area contributed by atoms with E-state index in [-0.39, 0.29) is 18.6 Å². The lowest BCUT2D eigenvalue weighted by molar-refractivity contribution is 0.0954. The van der Waals surface area contributed by atoms with Crippen LogP contribution in [0.4, 0.5) is 5.69 Å². The molecule has 0 spiro atoms. The Morgan fingerprint density at radius 3 is 2.30 bits per heavy atom. The molecule has 7 nitrogen and oxygen atoms in total. The molecule has 0 radical (unpaired) electrons. The molecule has 0 aromatic heterocycles. The first-order chi connectivity index (χ1) is 14.6. The second-order valence-electron chi connectivity index (χ2n) is 6.71. The van der Waals surface area contributed by atoms with Crippen molar-refractivity contribution in [3.63, 3.8) is 0 Å². The Balaban J connectivity index is 1.33. The SMILES string of the molecule is Cc1ccc(C(=O)Nc2ccc(C(=O)N/N=C\c3ccc4c(c3)OCO4)cc2)cc1. The number of carbonyl (C=O) groups excluding carboxylic acids is 2. The molecule has 1 aliphatic heterocycles. The van der Waals surface area contributed by atoms with E-state index in [1.807, 2.05) is 25.1 Å². The Kier molecular flexibility index (Phi) is 5.43. The van der Waals surface area contributed by atoms with Crippen LogP contribution in [0.1, 0.15) is 31.8 Å². The maximum Gasteiger partial charge on any atom is 0.271 e. The third-order valence-electron chi connectivity index (χ3n) is 4.50. The number of hydrogen-bond donors (Lipinski definition) is 2. The van der Waals surface area contributed by atoms with E-state index in [4.69, 9.17) is 9.47 Å². The van der Waals surface area contributed by atoms with E-state index < -0.39 is 0 Å². The lowest BCUT2D eigenvalue weighted by Gasteiger charge is -2.06. The van der Waals surface area contributed by atoms with Crippen LogP contribution in [0.2, 0.25) is 0 Å². The summed E-state index contributed by atoms with van der Waals surface area (Å²) in [5.74, 6) is 0.767. The first-order valence-electron chi connectivity index (χ1n) is 9.30. The molecule has 30 heavy (non-hydrogen) atoms. The molecule has 2 amide bonds. The Labute approximate surface area is 173 Å². The molecule has 4 rings (SSSR count). The van der Waals surface area contributed by atoms with Gasteiger partial charge in [-0.15, -0.1) is 0 Å². The number of aryl methyl sites for hydroxylation is 1. The molecule has 0 unspecified atom stereocenters. The number of fused-ring (bicyclic) bond motifs is 1. The van der Waals surface area contributed by atoms with E-state index in [0.29, 0.717) is 28.3 Å². The second-order valence-corrected chi connectivity index (χ2v) is 6.71. The minimum atomic E-state index is -0.358. The number of hydrogen-bond acceptors (Lipinski definition) is 5. The number of carbonyl (C=O) groups is 2. The van der Waals surface area contributed by atoms with E-state index in [1.165, 1.54) is 6.21 Å². The minimum absolute atomic E-state index is 0.203. The quantitative estimate of drug-likeness (QED) is 0.504. The van der Waals surface area contributed by atoms with Crippen molar-refractivity contribution in [3.05, 3.63) is 89.0 Å². The normalized spacial score (nSPS) is 12.0. The van der Waals surface area contributed by atoms with Gasteiger partial charge in [0.1, 0.15) is 0 Å². The maximum atomic E-state index is 12.3. The highest BCUT2D eigenvalue weighted by molar-refractivity contribution is 6.04. The Morgan fingerprint density at radius 1 is 0.867 bits per heavy atom. The fraction of sp³-hybridized carbons (Fsp3) is 0.0870. The van der Waals surface area contributed by atoms with Crippen molar-refractivity contribution >= 4 is 23.7 Å². The number of nitrogens with one attached hydrogen (secondary N) is 2. The first-order valence-corrected chi connectivity index (χ1v) is 9.30. The fourth-order valence-electron chi connectivity index (χ4n) is 2.84. The Hall–Kier alpha value is -4.13. The van der Waals surface area contributed by atoms with Crippen LogP contribution in [-0.4, -0.2) is 24.8 Å². The van der Waals surface area contributed by atoms with Gasteiger partial charge in [0.25, 0.3) is 11.8 Å². The van der Waals surface area contributed by atoms with Crippen molar-refractivity contribution in [1.82, 2.24) is 5.43 Å². The van der Waals surface area contributed by atoms with Crippen LogP contribution >= 0.6 is 0 Å². The second kappa shape index (κ2) is 8.48. The predicted octanol–water partition coefficient (Wildman–Crippen LogP) is 3.74. The van der Waals surface area contributed by atoms with Gasteiger partial charge >= 0.3 is 0 Å². The zero-order valence-corrected chi connectivity index (χ0v) is 16.2. The summed E-state index contributed by atoms with van der Waals surface area (Å²) in [6.07, 6.45) is 1.52. The highest BCUT2D eigenvalue weighted by Crippen LogP contribution is 2.31. The summed E-state index contributed by atoms with van der Waals surface area (Å²) < 4.78 is 10.6. The number of benzene rings is 3. The van der Waals surface area contributed by atoms with E-state index in [0.717, 1.165) is 11.1 Å². The van der Waals surface area contributed by atoms with Gasteiger partial charge in [0, 0.05) is 16.8 Å². The zero-order valence-electron chi connectivity index (χ0n) is 16.2. The molecule has 1 aliphatic rings. The number of nitrogens with zero attached hydrogens (tertiary/aromatic N) is 1. The lowest BCUT2D eigenvalue weighted by Crippen LogP contribution is -2.17. The maximum absolute atomic E-state index is 12.3. The average Bonchev–Trinajstić information content (AvgIpc) is 3.22. The third-order valence-corrected chi connectivity index (χ3v) is 4.50. The van der Waals surface area contributed by atoms with Crippen molar-refractivity contribution in [2.45, 2.75) is 6.92 Å². The summed E-state index contributed by atoms with van der Waals surface area (Å²) in [6.45, 7) is 2.17. The summed E-state index contributed by atoms with van der Waals surface area (Å²) in [4.78, 5) is 24.5. The molecule has 0 aliphatic carbocycles. The molecule has 3 aromatic carbocycles. The van der Waals surface area contributed by atoms with Crippen molar-refractivity contribution in [3.8, 4) is 11.5 Å². The molecule has 150 valence electrons. The number of rotatable bonds is 5. The van der Waals surface area contributed by atoms with Gasteiger partial charge in [-0.05, 0) is 67.1 Å². The van der Waals surface area contributed by atoms with E-state index in [2.05, 4.69) is 15.8 Å². The van der Waals surface area contributed by atoms with Gasteiger partial charge in [-0.1, -0.05) is 17.7 Å². The summed E-state index contributed by atoms with van der Waals surface area (Å²) in [6, 6.07) is 19.3. The van der Waals surface area contributed by atoms with Crippen molar-refractivity contribution in [2.24, 2.45) is 5.10 Å². The molecular formula is C23H19N3O4. The van der Waals surface area contributed by atoms with E-state index in [1.54, 1.807) is 48.5 Å². The van der Waals surface area contributed by atoms with Crippen molar-refractivity contribution < 1.29 is 19.1 Å². The molecule has 1 heterocycles. The molecule has 7 heteroatoms. The van der Waals surface area contributed by atoms with Gasteiger partial charge in [0.15, 0.2) is 11.5 Å².